The maximum atomic E-state index is 5.29. The van der Waals surface area contributed by atoms with Crippen molar-refractivity contribution in [3.8, 4) is 22.0 Å². The van der Waals surface area contributed by atoms with Gasteiger partial charge in [0.05, 0.1) is 22.7 Å². The molecule has 4 aliphatic rings. The Hall–Kier alpha value is -6.30. The Labute approximate surface area is 338 Å². The third-order valence-corrected chi connectivity index (χ3v) is 13.5. The van der Waals surface area contributed by atoms with Gasteiger partial charge in [-0.15, -0.1) is 0 Å². The molecule has 0 amide bonds. The molecule has 2 aliphatic carbocycles. The van der Waals surface area contributed by atoms with Crippen LogP contribution in [0.5, 0.6) is 0 Å². The summed E-state index contributed by atoms with van der Waals surface area (Å²) in [4.78, 5) is 10.2. The van der Waals surface area contributed by atoms with Gasteiger partial charge in [0.2, 0.25) is 0 Å². The predicted octanol–water partition coefficient (Wildman–Crippen LogP) is 13.7. The number of hydrogen-bond donors (Lipinski definition) is 0. The maximum absolute atomic E-state index is 5.29. The van der Waals surface area contributed by atoms with Crippen LogP contribution in [-0.4, -0.2) is 9.36 Å². The zero-order valence-corrected chi connectivity index (χ0v) is 33.3. The van der Waals surface area contributed by atoms with E-state index in [0.717, 1.165) is 27.6 Å². The zero-order valence-electron chi connectivity index (χ0n) is 32.5. The van der Waals surface area contributed by atoms with E-state index in [1.165, 1.54) is 73.0 Å². The summed E-state index contributed by atoms with van der Waals surface area (Å²) in [5.41, 5.74) is 14.2. The molecule has 4 nitrogen and oxygen atoms in total. The van der Waals surface area contributed by atoms with Gasteiger partial charge >= 0.3 is 0 Å². The van der Waals surface area contributed by atoms with Crippen LogP contribution in [0.2, 0.25) is 0 Å². The zero-order chi connectivity index (χ0) is 38.5. The highest BCUT2D eigenvalue weighted by Gasteiger charge is 2.41. The van der Waals surface area contributed by atoms with E-state index in [1.54, 1.807) is 0 Å². The van der Waals surface area contributed by atoms with E-state index in [-0.39, 0.29) is 16.7 Å². The van der Waals surface area contributed by atoms with E-state index < -0.39 is 0 Å². The minimum atomic E-state index is -0.194. The standard InChI is InChI=1S/C52H42N4S/c1-51(2)39-21-9-11-23-45(39)55(43-25-13-17-33-15-5-7-19-37(33)43)47-31-35(27-29-41(47)51)49-53-50(57-54-49)36-28-30-42-48(32-36)56(46-24-12-10-22-40(46)52(42,3)4)44-26-14-18-34-16-6-8-20-38(34)44/h5-32,34,38H,1-4H3. The molecule has 0 N–H and O–H groups in total. The summed E-state index contributed by atoms with van der Waals surface area (Å²) in [6, 6.07) is 46.8. The van der Waals surface area contributed by atoms with E-state index in [0.29, 0.717) is 5.92 Å². The van der Waals surface area contributed by atoms with Crippen molar-refractivity contribution in [2.75, 3.05) is 9.80 Å². The highest BCUT2D eigenvalue weighted by Crippen LogP contribution is 2.55. The minimum absolute atomic E-state index is 0.175. The van der Waals surface area contributed by atoms with Crippen molar-refractivity contribution in [2.24, 2.45) is 11.8 Å². The van der Waals surface area contributed by atoms with Crippen LogP contribution in [0.4, 0.5) is 28.4 Å². The largest absolute Gasteiger partial charge is 0.313 e. The Morgan fingerprint density at radius 1 is 0.526 bits per heavy atom. The topological polar surface area (TPSA) is 32.3 Å². The van der Waals surface area contributed by atoms with Gasteiger partial charge in [-0.05, 0) is 75.6 Å². The fourth-order valence-corrected chi connectivity index (χ4v) is 10.5. The fourth-order valence-electron chi connectivity index (χ4n) is 9.83. The van der Waals surface area contributed by atoms with Gasteiger partial charge in [-0.3, -0.25) is 0 Å². The SMILES string of the molecule is CC1(C)c2ccccc2N(C2=CC=CC3C=CC=CC23)c2cc(-c3nc(-c4ccc5c(c4)N(c4cccc6ccccc46)c4ccccc4C5(C)C)ns3)ccc21. The fraction of sp³-hybridized carbons (Fsp3) is 0.154. The Morgan fingerprint density at radius 2 is 1.11 bits per heavy atom. The van der Waals surface area contributed by atoms with Crippen molar-refractivity contribution in [3.05, 3.63) is 198 Å². The van der Waals surface area contributed by atoms with Crippen LogP contribution in [0.25, 0.3) is 32.7 Å². The van der Waals surface area contributed by atoms with Gasteiger partial charge in [-0.25, -0.2) is 4.98 Å². The summed E-state index contributed by atoms with van der Waals surface area (Å²) < 4.78 is 5.04. The summed E-state index contributed by atoms with van der Waals surface area (Å²) in [6.07, 6.45) is 15.9. The number of allylic oxidation sites excluding steroid dienone is 7. The molecule has 0 saturated heterocycles. The molecule has 0 spiro atoms. The first-order chi connectivity index (χ1) is 27.8. The minimum Gasteiger partial charge on any atom is -0.313 e. The summed E-state index contributed by atoms with van der Waals surface area (Å²) in [5.74, 6) is 1.34. The van der Waals surface area contributed by atoms with Gasteiger partial charge in [0, 0.05) is 50.6 Å². The van der Waals surface area contributed by atoms with Crippen LogP contribution in [-0.2, 0) is 10.8 Å². The first kappa shape index (κ1) is 34.0. The maximum Gasteiger partial charge on any atom is 0.173 e. The van der Waals surface area contributed by atoms with E-state index in [2.05, 4.69) is 207 Å². The summed E-state index contributed by atoms with van der Waals surface area (Å²) in [6.45, 7) is 9.38. The molecule has 1 aromatic heterocycles. The Morgan fingerprint density at radius 3 is 1.89 bits per heavy atom. The quantitative estimate of drug-likeness (QED) is 0.179. The van der Waals surface area contributed by atoms with Gasteiger partial charge < -0.3 is 9.80 Å². The van der Waals surface area contributed by atoms with Crippen molar-refractivity contribution < 1.29 is 0 Å². The summed E-state index contributed by atoms with van der Waals surface area (Å²) in [5, 5.41) is 3.35. The van der Waals surface area contributed by atoms with Crippen molar-refractivity contribution in [1.82, 2.24) is 9.36 Å². The number of nitrogens with zero attached hydrogens (tertiary/aromatic N) is 4. The van der Waals surface area contributed by atoms with E-state index in [1.807, 2.05) is 0 Å². The molecule has 11 rings (SSSR count). The number of hydrogen-bond acceptors (Lipinski definition) is 5. The predicted molar refractivity (Wildman–Crippen MR) is 238 cm³/mol. The van der Waals surface area contributed by atoms with E-state index in [4.69, 9.17) is 9.36 Å². The van der Waals surface area contributed by atoms with Crippen LogP contribution in [0.15, 0.2) is 176 Å². The first-order valence-electron chi connectivity index (χ1n) is 19.9. The third-order valence-electron chi connectivity index (χ3n) is 12.8. The molecular weight excluding hydrogens is 713 g/mol. The molecule has 2 aliphatic heterocycles. The van der Waals surface area contributed by atoms with Crippen molar-refractivity contribution >= 4 is 50.7 Å². The van der Waals surface area contributed by atoms with Crippen molar-refractivity contribution in [3.63, 3.8) is 0 Å². The number of benzene rings is 6. The Bertz CT molecular complexity index is 2900. The van der Waals surface area contributed by atoms with Gasteiger partial charge in [-0.1, -0.05) is 161 Å². The van der Waals surface area contributed by atoms with Crippen LogP contribution < -0.4 is 9.80 Å². The highest BCUT2D eigenvalue weighted by molar-refractivity contribution is 7.09. The lowest BCUT2D eigenvalue weighted by molar-refractivity contribution is 0.592. The molecule has 0 fully saturated rings. The average Bonchev–Trinajstić information content (AvgIpc) is 3.75. The highest BCUT2D eigenvalue weighted by atomic mass is 32.1. The normalized spacial score (nSPS) is 19.3. The average molecular weight is 755 g/mol. The van der Waals surface area contributed by atoms with E-state index >= 15 is 0 Å². The van der Waals surface area contributed by atoms with Gasteiger partial charge in [-0.2, -0.15) is 4.37 Å². The molecule has 6 aromatic carbocycles. The second-order valence-corrected chi connectivity index (χ2v) is 17.4. The molecule has 3 heterocycles. The van der Waals surface area contributed by atoms with Crippen LogP contribution in [0.3, 0.4) is 0 Å². The van der Waals surface area contributed by atoms with Crippen LogP contribution in [0.1, 0.15) is 49.9 Å². The van der Waals surface area contributed by atoms with Gasteiger partial charge in [0.15, 0.2) is 5.82 Å². The monoisotopic (exact) mass is 754 g/mol. The number of anilines is 5. The second kappa shape index (κ2) is 12.6. The lowest BCUT2D eigenvalue weighted by Gasteiger charge is -2.45. The molecule has 2 unspecified atom stereocenters. The van der Waals surface area contributed by atoms with Crippen molar-refractivity contribution in [1.29, 1.82) is 0 Å². The lowest BCUT2D eigenvalue weighted by Crippen LogP contribution is -2.36. The third kappa shape index (κ3) is 5.11. The molecular formula is C52H42N4S. The van der Waals surface area contributed by atoms with Gasteiger partial charge in [0.25, 0.3) is 0 Å². The molecule has 0 bridgehead atoms. The molecule has 0 radical (unpaired) electrons. The van der Waals surface area contributed by atoms with E-state index in [9.17, 15) is 0 Å². The molecule has 276 valence electrons. The summed E-state index contributed by atoms with van der Waals surface area (Å²) in [7, 11) is 0. The molecule has 0 saturated carbocycles. The molecule has 57 heavy (non-hydrogen) atoms. The smallest absolute Gasteiger partial charge is 0.173 e. The second-order valence-electron chi connectivity index (χ2n) is 16.7. The number of fused-ring (bicyclic) bond motifs is 6. The van der Waals surface area contributed by atoms with Crippen molar-refractivity contribution in [2.45, 2.75) is 38.5 Å². The van der Waals surface area contributed by atoms with Crippen LogP contribution >= 0.6 is 11.5 Å². The first-order valence-corrected chi connectivity index (χ1v) is 20.7. The Kier molecular flexibility index (Phi) is 7.52. The molecule has 5 heteroatoms. The number of rotatable bonds is 4. The molecule has 2 atom stereocenters. The number of para-hydroxylation sites is 2. The molecule has 7 aromatic rings. The lowest BCUT2D eigenvalue weighted by atomic mass is 9.72. The summed E-state index contributed by atoms with van der Waals surface area (Å²) >= 11 is 1.47. The van der Waals surface area contributed by atoms with Crippen LogP contribution in [0, 0.1) is 11.8 Å². The van der Waals surface area contributed by atoms with Gasteiger partial charge in [0.1, 0.15) is 5.01 Å². The number of aromatic nitrogens is 2. The Balaban J connectivity index is 1.03.